The summed E-state index contributed by atoms with van der Waals surface area (Å²) >= 11 is 0. The van der Waals surface area contributed by atoms with Gasteiger partial charge in [-0.05, 0) is 46.2 Å². The fraction of sp³-hybridized carbons (Fsp3) is 0.0741. The van der Waals surface area contributed by atoms with Crippen LogP contribution in [-0.4, -0.2) is 27.9 Å². The Morgan fingerprint density at radius 3 is 2.06 bits per heavy atom. The monoisotopic (exact) mass is 438 g/mol. The van der Waals surface area contributed by atoms with Crippen LogP contribution in [0.25, 0.3) is 10.8 Å². The number of imide groups is 1. The van der Waals surface area contributed by atoms with Gasteiger partial charge in [0.25, 0.3) is 5.91 Å². The van der Waals surface area contributed by atoms with Crippen LogP contribution in [0.3, 0.4) is 0 Å². The molecule has 0 aromatic heterocycles. The van der Waals surface area contributed by atoms with E-state index in [1.54, 1.807) is 60.7 Å². The van der Waals surface area contributed by atoms with Gasteiger partial charge in [-0.25, -0.2) is 4.79 Å². The second kappa shape index (κ2) is 9.78. The second-order valence-electron chi connectivity index (χ2n) is 7.64. The number of benzene rings is 4. The van der Waals surface area contributed by atoms with Crippen molar-refractivity contribution < 1.29 is 19.5 Å². The van der Waals surface area contributed by atoms with Crippen molar-refractivity contribution in [3.05, 3.63) is 114 Å². The molecular formula is C27H22N2O4. The number of carboxylic acid groups (broad SMARTS) is 1. The van der Waals surface area contributed by atoms with E-state index in [0.29, 0.717) is 22.4 Å². The molecule has 4 aromatic rings. The first-order chi connectivity index (χ1) is 16.0. The molecule has 6 heteroatoms. The highest BCUT2D eigenvalue weighted by Gasteiger charge is 2.23. The SMILES string of the molecule is O=C(O)Cc1ccc(CN(C(=O)Nc2ccc3ccccc3c2)C(=O)c2ccccc2)cc1. The van der Waals surface area contributed by atoms with Crippen LogP contribution >= 0.6 is 0 Å². The summed E-state index contributed by atoms with van der Waals surface area (Å²) in [4.78, 5) is 38.5. The Hall–Kier alpha value is -4.45. The van der Waals surface area contributed by atoms with Crippen LogP contribution < -0.4 is 5.32 Å². The van der Waals surface area contributed by atoms with Crippen LogP contribution in [0.4, 0.5) is 10.5 Å². The third-order valence-corrected chi connectivity index (χ3v) is 5.23. The van der Waals surface area contributed by atoms with E-state index in [1.807, 2.05) is 36.4 Å². The number of urea groups is 1. The molecule has 3 amide bonds. The summed E-state index contributed by atoms with van der Waals surface area (Å²) in [6.07, 6.45) is -0.0879. The Morgan fingerprint density at radius 1 is 0.727 bits per heavy atom. The van der Waals surface area contributed by atoms with Gasteiger partial charge in [0.1, 0.15) is 0 Å². The van der Waals surface area contributed by atoms with E-state index in [1.165, 1.54) is 0 Å². The summed E-state index contributed by atoms with van der Waals surface area (Å²) in [5.74, 6) is -1.35. The van der Waals surface area contributed by atoms with Crippen molar-refractivity contribution in [2.24, 2.45) is 0 Å². The van der Waals surface area contributed by atoms with Gasteiger partial charge in [0.15, 0.2) is 0 Å². The average Bonchev–Trinajstić information content (AvgIpc) is 2.83. The number of nitrogens with one attached hydrogen (secondary N) is 1. The average molecular weight is 438 g/mol. The van der Waals surface area contributed by atoms with Crippen LogP contribution in [0.1, 0.15) is 21.5 Å². The molecule has 0 bridgehead atoms. The molecule has 6 nitrogen and oxygen atoms in total. The molecule has 0 spiro atoms. The molecule has 0 heterocycles. The van der Waals surface area contributed by atoms with Gasteiger partial charge in [-0.3, -0.25) is 14.5 Å². The second-order valence-corrected chi connectivity index (χ2v) is 7.64. The number of fused-ring (bicyclic) bond motifs is 1. The number of anilines is 1. The van der Waals surface area contributed by atoms with E-state index in [-0.39, 0.29) is 13.0 Å². The van der Waals surface area contributed by atoms with Crippen molar-refractivity contribution in [1.82, 2.24) is 4.90 Å². The van der Waals surface area contributed by atoms with E-state index >= 15 is 0 Å². The summed E-state index contributed by atoms with van der Waals surface area (Å²) in [5.41, 5.74) is 2.34. The number of hydrogen-bond donors (Lipinski definition) is 2. The maximum Gasteiger partial charge on any atom is 0.329 e. The molecular weight excluding hydrogens is 416 g/mol. The molecule has 0 aliphatic rings. The number of carboxylic acids is 1. The van der Waals surface area contributed by atoms with Gasteiger partial charge in [-0.2, -0.15) is 0 Å². The van der Waals surface area contributed by atoms with Gasteiger partial charge >= 0.3 is 12.0 Å². The lowest BCUT2D eigenvalue weighted by Crippen LogP contribution is -2.39. The van der Waals surface area contributed by atoms with Crippen molar-refractivity contribution in [1.29, 1.82) is 0 Å². The topological polar surface area (TPSA) is 86.7 Å². The largest absolute Gasteiger partial charge is 0.481 e. The molecule has 0 saturated carbocycles. The van der Waals surface area contributed by atoms with E-state index in [9.17, 15) is 14.4 Å². The summed E-state index contributed by atoms with van der Waals surface area (Å²) in [6, 6.07) is 28.3. The minimum Gasteiger partial charge on any atom is -0.481 e. The lowest BCUT2D eigenvalue weighted by molar-refractivity contribution is -0.136. The molecule has 164 valence electrons. The highest BCUT2D eigenvalue weighted by molar-refractivity contribution is 6.08. The molecule has 0 unspecified atom stereocenters. The van der Waals surface area contributed by atoms with Crippen molar-refractivity contribution >= 4 is 34.4 Å². The fourth-order valence-electron chi connectivity index (χ4n) is 3.55. The maximum absolute atomic E-state index is 13.2. The van der Waals surface area contributed by atoms with E-state index in [4.69, 9.17) is 5.11 Å². The smallest absolute Gasteiger partial charge is 0.329 e. The predicted molar refractivity (Wildman–Crippen MR) is 127 cm³/mol. The minimum absolute atomic E-state index is 0.0422. The summed E-state index contributed by atoms with van der Waals surface area (Å²) in [5, 5.41) is 13.8. The molecule has 4 rings (SSSR count). The maximum atomic E-state index is 13.2. The van der Waals surface area contributed by atoms with E-state index in [2.05, 4.69) is 5.32 Å². The van der Waals surface area contributed by atoms with Crippen molar-refractivity contribution in [3.63, 3.8) is 0 Å². The van der Waals surface area contributed by atoms with Crippen LogP contribution in [0.2, 0.25) is 0 Å². The number of carbonyl (C=O) groups excluding carboxylic acids is 2. The van der Waals surface area contributed by atoms with Gasteiger partial charge in [0.2, 0.25) is 0 Å². The van der Waals surface area contributed by atoms with Crippen molar-refractivity contribution in [3.8, 4) is 0 Å². The van der Waals surface area contributed by atoms with Crippen LogP contribution in [0.15, 0.2) is 97.1 Å². The predicted octanol–water partition coefficient (Wildman–Crippen LogP) is 5.34. The number of amides is 3. The molecule has 33 heavy (non-hydrogen) atoms. The first kappa shape index (κ1) is 21.8. The standard InChI is InChI=1S/C27H22N2O4/c30-25(31)16-19-10-12-20(13-11-19)18-29(26(32)22-7-2-1-3-8-22)27(33)28-24-15-14-21-6-4-5-9-23(21)17-24/h1-15,17H,16,18H2,(H,28,33)(H,30,31). The van der Waals surface area contributed by atoms with Gasteiger partial charge in [-0.1, -0.05) is 72.8 Å². The fourth-order valence-corrected chi connectivity index (χ4v) is 3.55. The first-order valence-corrected chi connectivity index (χ1v) is 10.5. The molecule has 0 atom stereocenters. The number of hydrogen-bond acceptors (Lipinski definition) is 3. The van der Waals surface area contributed by atoms with Gasteiger partial charge in [-0.15, -0.1) is 0 Å². The highest BCUT2D eigenvalue weighted by Crippen LogP contribution is 2.20. The number of rotatable bonds is 6. The number of nitrogens with zero attached hydrogens (tertiary/aromatic N) is 1. The summed E-state index contributed by atoms with van der Waals surface area (Å²) in [7, 11) is 0. The molecule has 0 radical (unpaired) electrons. The summed E-state index contributed by atoms with van der Waals surface area (Å²) < 4.78 is 0. The van der Waals surface area contributed by atoms with Gasteiger partial charge < -0.3 is 10.4 Å². The lowest BCUT2D eigenvalue weighted by atomic mass is 10.1. The third kappa shape index (κ3) is 5.43. The number of carbonyl (C=O) groups is 3. The Morgan fingerprint density at radius 2 is 1.36 bits per heavy atom. The van der Waals surface area contributed by atoms with Crippen LogP contribution in [-0.2, 0) is 17.8 Å². The van der Waals surface area contributed by atoms with Crippen molar-refractivity contribution in [2.75, 3.05) is 5.32 Å². The Kier molecular flexibility index (Phi) is 6.45. The van der Waals surface area contributed by atoms with Crippen LogP contribution in [0, 0.1) is 0 Å². The molecule has 0 fully saturated rings. The zero-order valence-electron chi connectivity index (χ0n) is 17.8. The highest BCUT2D eigenvalue weighted by atomic mass is 16.4. The van der Waals surface area contributed by atoms with Crippen LogP contribution in [0.5, 0.6) is 0 Å². The lowest BCUT2D eigenvalue weighted by Gasteiger charge is -2.22. The quantitative estimate of drug-likeness (QED) is 0.425. The Balaban J connectivity index is 1.59. The number of aliphatic carboxylic acids is 1. The zero-order valence-corrected chi connectivity index (χ0v) is 17.8. The Bertz CT molecular complexity index is 1300. The molecule has 0 saturated heterocycles. The van der Waals surface area contributed by atoms with Gasteiger partial charge in [0, 0.05) is 11.3 Å². The Labute approximate surface area is 191 Å². The molecule has 0 aliphatic heterocycles. The normalized spacial score (nSPS) is 10.5. The van der Waals surface area contributed by atoms with E-state index in [0.717, 1.165) is 15.7 Å². The zero-order chi connectivity index (χ0) is 23.2. The molecule has 0 aliphatic carbocycles. The minimum atomic E-state index is -0.918. The van der Waals surface area contributed by atoms with E-state index < -0.39 is 17.9 Å². The summed E-state index contributed by atoms with van der Waals surface area (Å²) in [6.45, 7) is 0.0422. The van der Waals surface area contributed by atoms with Gasteiger partial charge in [0.05, 0.1) is 13.0 Å². The third-order valence-electron chi connectivity index (χ3n) is 5.23. The molecule has 4 aromatic carbocycles. The van der Waals surface area contributed by atoms with Crippen molar-refractivity contribution in [2.45, 2.75) is 13.0 Å². The molecule has 2 N–H and O–H groups in total. The first-order valence-electron chi connectivity index (χ1n) is 10.5.